The molecule has 1 aromatic heterocycles. The van der Waals surface area contributed by atoms with Crippen LogP contribution < -0.4 is 0 Å². The number of halogens is 1. The summed E-state index contributed by atoms with van der Waals surface area (Å²) in [6.45, 7) is 2.18. The van der Waals surface area contributed by atoms with Gasteiger partial charge in [-0.25, -0.2) is 0 Å². The van der Waals surface area contributed by atoms with Crippen molar-refractivity contribution in [2.75, 3.05) is 19.7 Å². The molecular weight excluding hydrogens is 258 g/mol. The van der Waals surface area contributed by atoms with Crippen LogP contribution in [0.1, 0.15) is 23.3 Å². The Morgan fingerprint density at radius 3 is 2.94 bits per heavy atom. The molecule has 0 saturated carbocycles. The summed E-state index contributed by atoms with van der Waals surface area (Å²) >= 11 is 7.29. The molecule has 0 radical (unpaired) electrons. The van der Waals surface area contributed by atoms with E-state index in [-0.39, 0.29) is 11.0 Å². The molecule has 17 heavy (non-hydrogen) atoms. The minimum absolute atomic E-state index is 0.148. The van der Waals surface area contributed by atoms with Gasteiger partial charge in [0, 0.05) is 18.0 Å². The first-order valence-electron chi connectivity index (χ1n) is 5.86. The highest BCUT2D eigenvalue weighted by Crippen LogP contribution is 2.44. The molecule has 1 aromatic rings. The lowest BCUT2D eigenvalue weighted by atomic mass is 9.85. The van der Waals surface area contributed by atoms with Gasteiger partial charge in [-0.05, 0) is 47.9 Å². The molecule has 2 aliphatic rings. The van der Waals surface area contributed by atoms with Crippen molar-refractivity contribution < 1.29 is 9.53 Å². The van der Waals surface area contributed by atoms with Crippen molar-refractivity contribution >= 4 is 28.3 Å². The average Bonchev–Trinajstić information content (AvgIpc) is 2.80. The fourth-order valence-corrected chi connectivity index (χ4v) is 4.11. The molecule has 0 aromatic carbocycles. The quantitative estimate of drug-likeness (QED) is 0.536. The molecule has 0 atom stereocenters. The maximum atomic E-state index is 11.1. The van der Waals surface area contributed by atoms with Gasteiger partial charge in [0.1, 0.15) is 5.60 Å². The zero-order valence-electron chi connectivity index (χ0n) is 9.45. The molecular formula is C12H14ClNO2S. The lowest BCUT2D eigenvalue weighted by Crippen LogP contribution is -2.46. The molecule has 0 unspecified atom stereocenters. The molecule has 1 amide bonds. The summed E-state index contributed by atoms with van der Waals surface area (Å²) in [5.74, 6) is 0. The molecule has 2 aliphatic heterocycles. The summed E-state index contributed by atoms with van der Waals surface area (Å²) in [5.41, 5.74) is 1.27. The van der Waals surface area contributed by atoms with Gasteiger partial charge >= 0.3 is 5.37 Å². The number of carbonyl (C=O) groups excluding carboxylic acids is 1. The predicted octanol–water partition coefficient (Wildman–Crippen LogP) is 2.97. The van der Waals surface area contributed by atoms with E-state index in [4.69, 9.17) is 16.3 Å². The second-order valence-corrected chi connectivity index (χ2v) is 5.85. The minimum atomic E-state index is -0.345. The number of nitrogens with zero attached hydrogens (tertiary/aromatic N) is 1. The van der Waals surface area contributed by atoms with Crippen LogP contribution >= 0.6 is 22.9 Å². The SMILES string of the molecule is O=C(Cl)N1CCC2(CC1)OCCc1ccsc12. The molecule has 3 nitrogen and oxygen atoms in total. The number of amides is 1. The summed E-state index contributed by atoms with van der Waals surface area (Å²) in [7, 11) is 0. The first-order chi connectivity index (χ1) is 8.21. The summed E-state index contributed by atoms with van der Waals surface area (Å²) < 4.78 is 6.05. The van der Waals surface area contributed by atoms with Gasteiger partial charge < -0.3 is 9.64 Å². The molecule has 1 saturated heterocycles. The van der Waals surface area contributed by atoms with Gasteiger partial charge in [-0.15, -0.1) is 11.3 Å². The fourth-order valence-electron chi connectivity index (χ4n) is 2.77. The fraction of sp³-hybridized carbons (Fsp3) is 0.583. The van der Waals surface area contributed by atoms with E-state index in [1.54, 1.807) is 16.2 Å². The van der Waals surface area contributed by atoms with E-state index in [2.05, 4.69) is 11.4 Å². The van der Waals surface area contributed by atoms with Gasteiger partial charge in [-0.3, -0.25) is 4.79 Å². The molecule has 5 heteroatoms. The highest BCUT2D eigenvalue weighted by atomic mass is 35.5. The summed E-state index contributed by atoms with van der Waals surface area (Å²) in [5, 5.41) is 1.79. The van der Waals surface area contributed by atoms with Crippen molar-refractivity contribution in [1.82, 2.24) is 4.90 Å². The Kier molecular flexibility index (Phi) is 2.89. The van der Waals surface area contributed by atoms with Crippen LogP contribution in [0.2, 0.25) is 0 Å². The third kappa shape index (κ3) is 1.88. The number of ether oxygens (including phenoxy) is 1. The average molecular weight is 272 g/mol. The van der Waals surface area contributed by atoms with Gasteiger partial charge in [0.05, 0.1) is 6.61 Å². The number of hydrogen-bond acceptors (Lipinski definition) is 3. The lowest BCUT2D eigenvalue weighted by molar-refractivity contribution is -0.0887. The molecule has 92 valence electrons. The molecule has 0 N–H and O–H groups in total. The van der Waals surface area contributed by atoms with Crippen LogP contribution in [-0.4, -0.2) is 30.0 Å². The van der Waals surface area contributed by atoms with Gasteiger partial charge in [0.25, 0.3) is 0 Å². The van der Waals surface area contributed by atoms with E-state index >= 15 is 0 Å². The van der Waals surface area contributed by atoms with Crippen molar-refractivity contribution in [3.63, 3.8) is 0 Å². The van der Waals surface area contributed by atoms with Gasteiger partial charge in [0.15, 0.2) is 0 Å². The first kappa shape index (κ1) is 11.5. The van der Waals surface area contributed by atoms with Crippen LogP contribution in [0.25, 0.3) is 0 Å². The molecule has 3 heterocycles. The van der Waals surface area contributed by atoms with Crippen LogP contribution in [0, 0.1) is 0 Å². The summed E-state index contributed by atoms with van der Waals surface area (Å²) in [6, 6.07) is 2.20. The molecule has 1 fully saturated rings. The van der Waals surface area contributed by atoms with Crippen LogP contribution in [-0.2, 0) is 16.8 Å². The number of carbonyl (C=O) groups is 1. The Bertz CT molecular complexity index is 437. The van der Waals surface area contributed by atoms with E-state index in [1.165, 1.54) is 10.4 Å². The van der Waals surface area contributed by atoms with E-state index in [0.717, 1.165) is 25.9 Å². The summed E-state index contributed by atoms with van der Waals surface area (Å²) in [6.07, 6.45) is 2.73. The van der Waals surface area contributed by atoms with Crippen LogP contribution in [0.15, 0.2) is 11.4 Å². The van der Waals surface area contributed by atoms with Gasteiger partial charge in [-0.1, -0.05) is 0 Å². The molecule has 1 spiro atoms. The molecule has 0 aliphatic carbocycles. The molecule has 0 bridgehead atoms. The number of thiophene rings is 1. The predicted molar refractivity (Wildman–Crippen MR) is 67.7 cm³/mol. The van der Waals surface area contributed by atoms with Crippen LogP contribution in [0.4, 0.5) is 4.79 Å². The Balaban J connectivity index is 1.84. The monoisotopic (exact) mass is 271 g/mol. The third-order valence-corrected chi connectivity index (χ3v) is 5.11. The third-order valence-electron chi connectivity index (χ3n) is 3.73. The van der Waals surface area contributed by atoms with Crippen LogP contribution in [0.5, 0.6) is 0 Å². The molecule has 3 rings (SSSR count). The maximum Gasteiger partial charge on any atom is 0.316 e. The Labute approximate surface area is 109 Å². The normalized spacial score (nSPS) is 22.5. The van der Waals surface area contributed by atoms with E-state index in [1.807, 2.05) is 0 Å². The Hall–Kier alpha value is -0.580. The number of fused-ring (bicyclic) bond motifs is 2. The van der Waals surface area contributed by atoms with E-state index in [0.29, 0.717) is 13.1 Å². The minimum Gasteiger partial charge on any atom is -0.369 e. The standard InChI is InChI=1S/C12H14ClNO2S/c13-11(15)14-5-3-12(4-6-14)10-9(1-7-16-12)2-8-17-10/h2,8H,1,3-7H2. The zero-order chi connectivity index (χ0) is 11.9. The maximum absolute atomic E-state index is 11.1. The van der Waals surface area contributed by atoms with Gasteiger partial charge in [-0.2, -0.15) is 0 Å². The Morgan fingerprint density at radius 1 is 1.47 bits per heavy atom. The zero-order valence-corrected chi connectivity index (χ0v) is 11.0. The summed E-state index contributed by atoms with van der Waals surface area (Å²) in [4.78, 5) is 14.2. The highest BCUT2D eigenvalue weighted by Gasteiger charge is 2.42. The van der Waals surface area contributed by atoms with Crippen molar-refractivity contribution in [3.8, 4) is 0 Å². The highest BCUT2D eigenvalue weighted by molar-refractivity contribution is 7.10. The number of rotatable bonds is 0. The van der Waals surface area contributed by atoms with E-state index in [9.17, 15) is 4.79 Å². The van der Waals surface area contributed by atoms with Crippen molar-refractivity contribution in [2.24, 2.45) is 0 Å². The van der Waals surface area contributed by atoms with E-state index < -0.39 is 0 Å². The van der Waals surface area contributed by atoms with Gasteiger partial charge in [0.2, 0.25) is 0 Å². The smallest absolute Gasteiger partial charge is 0.316 e. The largest absolute Gasteiger partial charge is 0.369 e. The number of hydrogen-bond donors (Lipinski definition) is 0. The van der Waals surface area contributed by atoms with Crippen molar-refractivity contribution in [1.29, 1.82) is 0 Å². The second-order valence-electron chi connectivity index (χ2n) is 4.61. The topological polar surface area (TPSA) is 29.5 Å². The van der Waals surface area contributed by atoms with Crippen LogP contribution in [0.3, 0.4) is 0 Å². The lowest BCUT2D eigenvalue weighted by Gasteiger charge is -2.43. The second kappa shape index (κ2) is 4.26. The Morgan fingerprint density at radius 2 is 2.24 bits per heavy atom. The van der Waals surface area contributed by atoms with Crippen molar-refractivity contribution in [3.05, 3.63) is 21.9 Å². The first-order valence-corrected chi connectivity index (χ1v) is 7.12. The van der Waals surface area contributed by atoms with Crippen molar-refractivity contribution in [2.45, 2.75) is 24.9 Å². The number of piperidine rings is 1. The number of likely N-dealkylation sites (tertiary alicyclic amines) is 1.